The lowest BCUT2D eigenvalue weighted by Gasteiger charge is -2.13. The Morgan fingerprint density at radius 3 is 2.44 bits per heavy atom. The largest absolute Gasteiger partial charge is 0.318 e. The molecule has 0 aliphatic carbocycles. The lowest BCUT2D eigenvalue weighted by Crippen LogP contribution is -2.25. The molecule has 3 nitrogen and oxygen atoms in total. The van der Waals surface area contributed by atoms with Gasteiger partial charge in [-0.1, -0.05) is 29.8 Å². The van der Waals surface area contributed by atoms with Crippen LogP contribution in [0.15, 0.2) is 54.6 Å². The van der Waals surface area contributed by atoms with Gasteiger partial charge in [-0.3, -0.25) is 4.79 Å². The molecule has 0 N–H and O–H groups in total. The van der Waals surface area contributed by atoms with E-state index in [2.05, 4.69) is 24.5 Å². The Morgan fingerprint density at radius 1 is 1.04 bits per heavy atom. The molecule has 136 valence electrons. The van der Waals surface area contributed by atoms with Crippen LogP contribution in [-0.4, -0.2) is 17.0 Å². The summed E-state index contributed by atoms with van der Waals surface area (Å²) < 4.78 is 2.19. The zero-order valence-corrected chi connectivity index (χ0v) is 16.4. The highest BCUT2D eigenvalue weighted by atomic mass is 35.5. The molecule has 1 amide bonds. The second-order valence-electron chi connectivity index (χ2n) is 6.76. The van der Waals surface area contributed by atoms with Crippen LogP contribution in [0.4, 0.5) is 5.69 Å². The average molecular weight is 377 g/mol. The standard InChI is InChI=1S/C23H21ClN2O/c1-4-25-22-8-6-5-7-20(22)21(23(25)27)14-17-13-15(2)26(16(17)3)19-11-9-18(24)10-12-19/h5-14H,4H2,1-3H3/b21-14-. The monoisotopic (exact) mass is 376 g/mol. The fourth-order valence-electron chi connectivity index (χ4n) is 3.84. The van der Waals surface area contributed by atoms with Crippen molar-refractivity contribution in [1.82, 2.24) is 4.57 Å². The van der Waals surface area contributed by atoms with Crippen molar-refractivity contribution >= 4 is 34.8 Å². The second-order valence-corrected chi connectivity index (χ2v) is 7.20. The summed E-state index contributed by atoms with van der Waals surface area (Å²) in [5.41, 5.74) is 7.08. The summed E-state index contributed by atoms with van der Waals surface area (Å²) in [7, 11) is 0. The van der Waals surface area contributed by atoms with Crippen molar-refractivity contribution in [3.8, 4) is 5.69 Å². The maximum atomic E-state index is 12.9. The van der Waals surface area contributed by atoms with E-state index < -0.39 is 0 Å². The molecule has 0 spiro atoms. The highest BCUT2D eigenvalue weighted by Gasteiger charge is 2.31. The minimum absolute atomic E-state index is 0.0648. The van der Waals surface area contributed by atoms with Crippen molar-refractivity contribution in [2.24, 2.45) is 0 Å². The third-order valence-corrected chi connectivity index (χ3v) is 5.38. The predicted molar refractivity (Wildman–Crippen MR) is 113 cm³/mol. The maximum Gasteiger partial charge on any atom is 0.258 e. The van der Waals surface area contributed by atoms with E-state index >= 15 is 0 Å². The van der Waals surface area contributed by atoms with Crippen molar-refractivity contribution < 1.29 is 4.79 Å². The van der Waals surface area contributed by atoms with E-state index in [0.717, 1.165) is 44.5 Å². The lowest BCUT2D eigenvalue weighted by molar-refractivity contribution is -0.112. The summed E-state index contributed by atoms with van der Waals surface area (Å²) in [5.74, 6) is 0.0648. The number of hydrogen-bond donors (Lipinski definition) is 0. The Balaban J connectivity index is 1.83. The average Bonchev–Trinajstić information content (AvgIpc) is 3.10. The molecule has 0 bridgehead atoms. The minimum Gasteiger partial charge on any atom is -0.318 e. The molecular weight excluding hydrogens is 356 g/mol. The van der Waals surface area contributed by atoms with Crippen LogP contribution in [0.3, 0.4) is 0 Å². The number of halogens is 1. The Labute approximate surface area is 164 Å². The second kappa shape index (κ2) is 6.75. The highest BCUT2D eigenvalue weighted by molar-refractivity contribution is 6.35. The number of para-hydroxylation sites is 1. The van der Waals surface area contributed by atoms with Crippen LogP contribution >= 0.6 is 11.6 Å². The first-order valence-electron chi connectivity index (χ1n) is 9.09. The molecule has 27 heavy (non-hydrogen) atoms. The predicted octanol–water partition coefficient (Wildman–Crippen LogP) is 5.65. The molecule has 1 aliphatic heterocycles. The fraction of sp³-hybridized carbons (Fsp3) is 0.174. The molecule has 2 aromatic carbocycles. The van der Waals surface area contributed by atoms with E-state index in [1.54, 1.807) is 0 Å². The molecule has 0 fully saturated rings. The first kappa shape index (κ1) is 17.6. The van der Waals surface area contributed by atoms with Crippen LogP contribution in [0.5, 0.6) is 0 Å². The number of carbonyl (C=O) groups is 1. The summed E-state index contributed by atoms with van der Waals surface area (Å²) in [6.07, 6.45) is 2.02. The number of anilines is 1. The molecule has 0 saturated carbocycles. The number of fused-ring (bicyclic) bond motifs is 1. The Bertz CT molecular complexity index is 1060. The quantitative estimate of drug-likeness (QED) is 0.542. The number of benzene rings is 2. The summed E-state index contributed by atoms with van der Waals surface area (Å²) in [6.45, 7) is 6.82. The molecule has 0 saturated heterocycles. The molecular formula is C23H21ClN2O. The van der Waals surface area contributed by atoms with Crippen LogP contribution < -0.4 is 4.90 Å². The molecule has 0 radical (unpaired) electrons. The Hall–Kier alpha value is -2.78. The Morgan fingerprint density at radius 2 is 1.74 bits per heavy atom. The number of nitrogens with zero attached hydrogens (tertiary/aromatic N) is 2. The lowest BCUT2D eigenvalue weighted by atomic mass is 10.0. The van der Waals surface area contributed by atoms with Crippen LogP contribution in [-0.2, 0) is 4.79 Å². The molecule has 3 aromatic rings. The summed E-state index contributed by atoms with van der Waals surface area (Å²) in [4.78, 5) is 14.8. The summed E-state index contributed by atoms with van der Waals surface area (Å²) in [6, 6.07) is 17.9. The van der Waals surface area contributed by atoms with Gasteiger partial charge in [0.15, 0.2) is 0 Å². The molecule has 2 heterocycles. The number of amides is 1. The van der Waals surface area contributed by atoms with Crippen molar-refractivity contribution in [2.75, 3.05) is 11.4 Å². The van der Waals surface area contributed by atoms with Crippen LogP contribution in [0.1, 0.15) is 29.4 Å². The van der Waals surface area contributed by atoms with Gasteiger partial charge in [-0.2, -0.15) is 0 Å². The van der Waals surface area contributed by atoms with Gasteiger partial charge in [0.25, 0.3) is 5.91 Å². The van der Waals surface area contributed by atoms with Crippen LogP contribution in [0.25, 0.3) is 17.3 Å². The summed E-state index contributed by atoms with van der Waals surface area (Å²) >= 11 is 6.03. The van der Waals surface area contributed by atoms with Crippen molar-refractivity contribution in [1.29, 1.82) is 0 Å². The van der Waals surface area contributed by atoms with Crippen LogP contribution in [0.2, 0.25) is 5.02 Å². The first-order valence-corrected chi connectivity index (χ1v) is 9.47. The van der Waals surface area contributed by atoms with Gasteiger partial charge < -0.3 is 9.47 Å². The van der Waals surface area contributed by atoms with E-state index in [9.17, 15) is 4.79 Å². The van der Waals surface area contributed by atoms with Gasteiger partial charge in [-0.15, -0.1) is 0 Å². The zero-order valence-electron chi connectivity index (χ0n) is 15.7. The van der Waals surface area contributed by atoms with E-state index in [4.69, 9.17) is 11.6 Å². The number of hydrogen-bond acceptors (Lipinski definition) is 1. The van der Waals surface area contributed by atoms with Crippen molar-refractivity contribution in [3.63, 3.8) is 0 Å². The van der Waals surface area contributed by atoms with Gasteiger partial charge in [0.05, 0.1) is 5.69 Å². The van der Waals surface area contributed by atoms with Gasteiger partial charge in [0, 0.05) is 39.8 Å². The number of aromatic nitrogens is 1. The smallest absolute Gasteiger partial charge is 0.258 e. The molecule has 0 unspecified atom stereocenters. The number of rotatable bonds is 3. The maximum absolute atomic E-state index is 12.9. The van der Waals surface area contributed by atoms with Gasteiger partial charge in [0.2, 0.25) is 0 Å². The summed E-state index contributed by atoms with van der Waals surface area (Å²) in [5, 5.41) is 0.719. The molecule has 0 atom stereocenters. The molecule has 4 rings (SSSR count). The minimum atomic E-state index is 0.0648. The van der Waals surface area contributed by atoms with E-state index in [1.807, 2.05) is 66.4 Å². The van der Waals surface area contributed by atoms with Gasteiger partial charge in [-0.05, 0) is 68.8 Å². The molecule has 4 heteroatoms. The number of carbonyl (C=O) groups excluding carboxylic acids is 1. The van der Waals surface area contributed by atoms with Gasteiger partial charge >= 0.3 is 0 Å². The first-order chi connectivity index (χ1) is 13.0. The highest BCUT2D eigenvalue weighted by Crippen LogP contribution is 2.38. The van der Waals surface area contributed by atoms with Gasteiger partial charge in [-0.25, -0.2) is 0 Å². The van der Waals surface area contributed by atoms with Gasteiger partial charge in [0.1, 0.15) is 0 Å². The topological polar surface area (TPSA) is 25.2 Å². The third kappa shape index (κ3) is 2.88. The zero-order chi connectivity index (χ0) is 19.1. The Kier molecular flexibility index (Phi) is 4.40. The molecule has 1 aliphatic rings. The van der Waals surface area contributed by atoms with E-state index in [-0.39, 0.29) is 5.91 Å². The van der Waals surface area contributed by atoms with Crippen LogP contribution in [0, 0.1) is 13.8 Å². The van der Waals surface area contributed by atoms with Crippen molar-refractivity contribution in [2.45, 2.75) is 20.8 Å². The van der Waals surface area contributed by atoms with E-state index in [0.29, 0.717) is 6.54 Å². The number of likely N-dealkylation sites (N-methyl/N-ethyl adjacent to an activating group) is 1. The fourth-order valence-corrected chi connectivity index (χ4v) is 3.96. The normalized spacial score (nSPS) is 14.9. The van der Waals surface area contributed by atoms with E-state index in [1.165, 1.54) is 0 Å². The number of aryl methyl sites for hydroxylation is 1. The van der Waals surface area contributed by atoms with Crippen molar-refractivity contribution in [3.05, 3.63) is 82.1 Å². The third-order valence-electron chi connectivity index (χ3n) is 5.13. The molecule has 1 aromatic heterocycles. The SMILES string of the molecule is CCN1C(=O)/C(=C\c2cc(C)n(-c3ccc(Cl)cc3)c2C)c2ccccc21.